The second-order valence-corrected chi connectivity index (χ2v) is 16.2. The van der Waals surface area contributed by atoms with E-state index in [-0.39, 0.29) is 0 Å². The minimum atomic E-state index is 0.647. The first kappa shape index (κ1) is 34.5. The number of nitrogens with zero attached hydrogens (tertiary/aromatic N) is 4. The highest BCUT2D eigenvalue weighted by molar-refractivity contribution is 6.15. The lowest BCUT2D eigenvalue weighted by molar-refractivity contribution is 1.01. The van der Waals surface area contributed by atoms with Gasteiger partial charge in [-0.3, -0.25) is 4.57 Å². The van der Waals surface area contributed by atoms with Crippen molar-refractivity contribution in [1.82, 2.24) is 19.1 Å². The van der Waals surface area contributed by atoms with Crippen molar-refractivity contribution < 1.29 is 0 Å². The Morgan fingerprint density at radius 2 is 0.839 bits per heavy atom. The smallest absolute Gasteiger partial charge is 0.235 e. The SMILES string of the molecule is c1ccc(-c2ccc(-n3c4ccccc4c4ccc(-c5ccc6c7cc8ccccc8cc7n(-c7nc(-c8cccc9ccccc89)c8ccccc8n7)c6c5)cc43)cc2)cc1. The average molecular weight is 789 g/mol. The van der Waals surface area contributed by atoms with Crippen molar-refractivity contribution in [1.29, 1.82) is 0 Å². The number of hydrogen-bond donors (Lipinski definition) is 0. The van der Waals surface area contributed by atoms with Gasteiger partial charge in [-0.1, -0.05) is 170 Å². The van der Waals surface area contributed by atoms with Crippen LogP contribution in [-0.4, -0.2) is 19.1 Å². The van der Waals surface area contributed by atoms with Crippen molar-refractivity contribution in [3.8, 4) is 45.1 Å². The third kappa shape index (κ3) is 5.33. The Hall–Kier alpha value is -8.34. The van der Waals surface area contributed by atoms with E-state index in [1.165, 1.54) is 59.9 Å². The highest BCUT2D eigenvalue weighted by Crippen LogP contribution is 2.40. The second-order valence-electron chi connectivity index (χ2n) is 16.2. The predicted octanol–water partition coefficient (Wildman–Crippen LogP) is 15.1. The average Bonchev–Trinajstić information content (AvgIpc) is 3.84. The lowest BCUT2D eigenvalue weighted by atomic mass is 9.99. The van der Waals surface area contributed by atoms with Crippen LogP contribution in [0, 0.1) is 0 Å². The molecule has 0 radical (unpaired) electrons. The van der Waals surface area contributed by atoms with Gasteiger partial charge >= 0.3 is 0 Å². The largest absolute Gasteiger partial charge is 0.309 e. The lowest BCUT2D eigenvalue weighted by Crippen LogP contribution is -2.03. The molecule has 3 aromatic heterocycles. The molecule has 0 aliphatic carbocycles. The molecule has 0 unspecified atom stereocenters. The molecule has 288 valence electrons. The number of rotatable bonds is 5. The van der Waals surface area contributed by atoms with Crippen molar-refractivity contribution in [2.75, 3.05) is 0 Å². The Morgan fingerprint density at radius 1 is 0.290 bits per heavy atom. The monoisotopic (exact) mass is 788 g/mol. The molecule has 62 heavy (non-hydrogen) atoms. The van der Waals surface area contributed by atoms with E-state index in [1.807, 2.05) is 0 Å². The number of para-hydroxylation sites is 2. The molecule has 3 heterocycles. The summed E-state index contributed by atoms with van der Waals surface area (Å²) in [5.41, 5.74) is 13.2. The summed E-state index contributed by atoms with van der Waals surface area (Å²) in [6.45, 7) is 0. The maximum absolute atomic E-state index is 5.53. The zero-order valence-electron chi connectivity index (χ0n) is 33.6. The first-order chi connectivity index (χ1) is 30.7. The van der Waals surface area contributed by atoms with Crippen molar-refractivity contribution in [3.05, 3.63) is 218 Å². The summed E-state index contributed by atoms with van der Waals surface area (Å²) in [5, 5.41) is 10.5. The van der Waals surface area contributed by atoms with Crippen molar-refractivity contribution >= 4 is 76.1 Å². The molecular formula is C58H36N4. The molecule has 4 nitrogen and oxygen atoms in total. The molecule has 0 N–H and O–H groups in total. The van der Waals surface area contributed by atoms with Crippen molar-refractivity contribution in [2.45, 2.75) is 0 Å². The summed E-state index contributed by atoms with van der Waals surface area (Å²) in [6.07, 6.45) is 0. The van der Waals surface area contributed by atoms with Gasteiger partial charge < -0.3 is 4.57 Å². The quantitative estimate of drug-likeness (QED) is 0.174. The van der Waals surface area contributed by atoms with Gasteiger partial charge in [0, 0.05) is 38.2 Å². The summed E-state index contributed by atoms with van der Waals surface area (Å²) < 4.78 is 4.69. The van der Waals surface area contributed by atoms with Gasteiger partial charge in [0.15, 0.2) is 0 Å². The number of hydrogen-bond acceptors (Lipinski definition) is 2. The Labute approximate surface area is 357 Å². The van der Waals surface area contributed by atoms with Gasteiger partial charge in [-0.2, -0.15) is 0 Å². The summed E-state index contributed by atoms with van der Waals surface area (Å²) in [6, 6.07) is 78.7. The molecule has 0 amide bonds. The molecule has 0 aliphatic heterocycles. The van der Waals surface area contributed by atoms with E-state index in [0.717, 1.165) is 55.4 Å². The topological polar surface area (TPSA) is 35.6 Å². The Balaban J connectivity index is 1.05. The fraction of sp³-hybridized carbons (Fsp3) is 0. The van der Waals surface area contributed by atoms with Crippen LogP contribution in [0.5, 0.6) is 0 Å². The predicted molar refractivity (Wildman–Crippen MR) is 260 cm³/mol. The fourth-order valence-electron chi connectivity index (χ4n) is 9.76. The van der Waals surface area contributed by atoms with E-state index in [1.54, 1.807) is 0 Å². The molecule has 13 rings (SSSR count). The molecule has 13 aromatic rings. The molecule has 0 atom stereocenters. The van der Waals surface area contributed by atoms with E-state index in [9.17, 15) is 0 Å². The molecule has 0 bridgehead atoms. The molecular weight excluding hydrogens is 753 g/mol. The van der Waals surface area contributed by atoms with Gasteiger partial charge in [0.2, 0.25) is 5.95 Å². The summed E-state index contributed by atoms with van der Waals surface area (Å²) in [7, 11) is 0. The summed E-state index contributed by atoms with van der Waals surface area (Å²) in [5.74, 6) is 0.647. The van der Waals surface area contributed by atoms with E-state index in [2.05, 4.69) is 228 Å². The minimum absolute atomic E-state index is 0.647. The Morgan fingerprint density at radius 3 is 1.63 bits per heavy atom. The van der Waals surface area contributed by atoms with Crippen LogP contribution in [0.1, 0.15) is 0 Å². The summed E-state index contributed by atoms with van der Waals surface area (Å²) in [4.78, 5) is 10.9. The van der Waals surface area contributed by atoms with Gasteiger partial charge in [0.1, 0.15) is 0 Å². The van der Waals surface area contributed by atoms with Gasteiger partial charge in [-0.15, -0.1) is 0 Å². The number of aromatic nitrogens is 4. The molecule has 0 saturated carbocycles. The maximum atomic E-state index is 5.53. The number of benzene rings is 10. The standard InChI is InChI=1S/C58H36N4/c1-2-13-37(14-3-1)38-25-29-44(30-26-38)61-53-24-11-9-20-46(53)47-31-27-42(35-54(47)61)43-28-32-48-51-33-40-16-4-5-17-41(40)34-56(51)62(55(48)36-43)58-59-52-23-10-8-21-50(52)57(60-58)49-22-12-18-39-15-6-7-19-45(39)49/h1-36H. The van der Waals surface area contributed by atoms with Crippen LogP contribution in [0.15, 0.2) is 218 Å². The first-order valence-electron chi connectivity index (χ1n) is 21.2. The van der Waals surface area contributed by atoms with E-state index in [4.69, 9.17) is 9.97 Å². The Kier molecular flexibility index (Phi) is 7.57. The molecule has 0 fully saturated rings. The molecule has 0 spiro atoms. The van der Waals surface area contributed by atoms with Crippen LogP contribution in [-0.2, 0) is 0 Å². The van der Waals surface area contributed by atoms with Crippen LogP contribution in [0.25, 0.3) is 121 Å². The molecule has 0 aliphatic rings. The van der Waals surface area contributed by atoms with Gasteiger partial charge in [0.25, 0.3) is 0 Å². The Bertz CT molecular complexity index is 3910. The van der Waals surface area contributed by atoms with Gasteiger partial charge in [-0.25, -0.2) is 9.97 Å². The normalized spacial score (nSPS) is 11.9. The van der Waals surface area contributed by atoms with Crippen molar-refractivity contribution in [3.63, 3.8) is 0 Å². The highest BCUT2D eigenvalue weighted by Gasteiger charge is 2.20. The van der Waals surface area contributed by atoms with E-state index < -0.39 is 0 Å². The zero-order valence-corrected chi connectivity index (χ0v) is 33.6. The lowest BCUT2D eigenvalue weighted by Gasteiger charge is -2.14. The van der Waals surface area contributed by atoms with E-state index >= 15 is 0 Å². The van der Waals surface area contributed by atoms with Crippen LogP contribution in [0.4, 0.5) is 0 Å². The van der Waals surface area contributed by atoms with Crippen LogP contribution in [0.2, 0.25) is 0 Å². The molecule has 0 saturated heterocycles. The first-order valence-corrected chi connectivity index (χ1v) is 21.2. The van der Waals surface area contributed by atoms with E-state index in [0.29, 0.717) is 5.95 Å². The minimum Gasteiger partial charge on any atom is -0.309 e. The highest BCUT2D eigenvalue weighted by atomic mass is 15.2. The zero-order chi connectivity index (χ0) is 40.7. The second kappa shape index (κ2) is 13.6. The fourth-order valence-corrected chi connectivity index (χ4v) is 9.76. The van der Waals surface area contributed by atoms with Crippen LogP contribution >= 0.6 is 0 Å². The van der Waals surface area contributed by atoms with Crippen molar-refractivity contribution in [2.24, 2.45) is 0 Å². The third-order valence-corrected chi connectivity index (χ3v) is 12.7. The van der Waals surface area contributed by atoms with Crippen LogP contribution in [0.3, 0.4) is 0 Å². The van der Waals surface area contributed by atoms with Crippen LogP contribution < -0.4 is 0 Å². The maximum Gasteiger partial charge on any atom is 0.235 e. The van der Waals surface area contributed by atoms with Gasteiger partial charge in [0.05, 0.1) is 33.3 Å². The molecule has 4 heteroatoms. The third-order valence-electron chi connectivity index (χ3n) is 12.7. The summed E-state index contributed by atoms with van der Waals surface area (Å²) >= 11 is 0. The molecule has 10 aromatic carbocycles. The van der Waals surface area contributed by atoms with Gasteiger partial charge in [-0.05, 0) is 92.3 Å². The number of fused-ring (bicyclic) bond motifs is 9.